The standard InChI is InChI=1S/C16H21FN4O2.ClH/c1-10(11-5-6-14(23-4)13(17)7-11)20-16(22)15(18-2)12-8-19-21(3)9-12;/h5-10,15,18H,1-4H3,(H,20,22);1H. The van der Waals surface area contributed by atoms with E-state index in [9.17, 15) is 9.18 Å². The average Bonchev–Trinajstić information content (AvgIpc) is 2.94. The lowest BCUT2D eigenvalue weighted by Gasteiger charge is -2.19. The van der Waals surface area contributed by atoms with Crippen LogP contribution in [0.1, 0.15) is 30.1 Å². The minimum absolute atomic E-state index is 0. The van der Waals surface area contributed by atoms with Crippen LogP contribution in [-0.4, -0.2) is 29.8 Å². The van der Waals surface area contributed by atoms with Gasteiger partial charge >= 0.3 is 0 Å². The van der Waals surface area contributed by atoms with Crippen LogP contribution < -0.4 is 15.4 Å². The maximum atomic E-state index is 13.8. The second-order valence-corrected chi connectivity index (χ2v) is 5.29. The maximum absolute atomic E-state index is 13.8. The van der Waals surface area contributed by atoms with Gasteiger partial charge in [-0.05, 0) is 31.7 Å². The van der Waals surface area contributed by atoms with E-state index in [1.165, 1.54) is 13.2 Å². The molecule has 0 spiro atoms. The van der Waals surface area contributed by atoms with Crippen molar-refractivity contribution >= 4 is 18.3 Å². The number of aryl methyl sites for hydroxylation is 1. The highest BCUT2D eigenvalue weighted by Gasteiger charge is 2.22. The molecule has 0 fully saturated rings. The normalized spacial score (nSPS) is 12.9. The Hall–Kier alpha value is -2.12. The van der Waals surface area contributed by atoms with Gasteiger partial charge in [-0.25, -0.2) is 4.39 Å². The van der Waals surface area contributed by atoms with Crippen LogP contribution in [0.15, 0.2) is 30.6 Å². The van der Waals surface area contributed by atoms with E-state index in [0.717, 1.165) is 5.56 Å². The molecule has 0 radical (unpaired) electrons. The van der Waals surface area contributed by atoms with Gasteiger partial charge < -0.3 is 15.4 Å². The SMILES string of the molecule is CNC(C(=O)NC(C)c1ccc(OC)c(F)c1)c1cnn(C)c1.Cl. The van der Waals surface area contributed by atoms with Gasteiger partial charge in [0.15, 0.2) is 11.6 Å². The van der Waals surface area contributed by atoms with Gasteiger partial charge in [-0.3, -0.25) is 9.48 Å². The van der Waals surface area contributed by atoms with E-state index in [4.69, 9.17) is 4.74 Å². The zero-order valence-corrected chi connectivity index (χ0v) is 14.9. The molecule has 24 heavy (non-hydrogen) atoms. The van der Waals surface area contributed by atoms with Crippen molar-refractivity contribution < 1.29 is 13.9 Å². The zero-order valence-electron chi connectivity index (χ0n) is 14.0. The Balaban J connectivity index is 0.00000288. The predicted octanol–water partition coefficient (Wildman–Crippen LogP) is 2.13. The summed E-state index contributed by atoms with van der Waals surface area (Å²) in [5.41, 5.74) is 1.43. The first-order valence-corrected chi connectivity index (χ1v) is 7.26. The zero-order chi connectivity index (χ0) is 17.0. The van der Waals surface area contributed by atoms with Crippen LogP contribution in [0.4, 0.5) is 4.39 Å². The largest absolute Gasteiger partial charge is 0.494 e. The number of nitrogens with one attached hydrogen (secondary N) is 2. The molecule has 0 aliphatic rings. The molecule has 2 unspecified atom stereocenters. The van der Waals surface area contributed by atoms with Gasteiger partial charge in [0, 0.05) is 18.8 Å². The molecule has 2 N–H and O–H groups in total. The minimum Gasteiger partial charge on any atom is -0.494 e. The number of hydrogen-bond acceptors (Lipinski definition) is 4. The van der Waals surface area contributed by atoms with Crippen LogP contribution in [0.5, 0.6) is 5.75 Å². The molecule has 1 aromatic carbocycles. The predicted molar refractivity (Wildman–Crippen MR) is 91.8 cm³/mol. The number of nitrogens with zero attached hydrogens (tertiary/aromatic N) is 2. The number of carbonyl (C=O) groups excluding carboxylic acids is 1. The first kappa shape index (κ1) is 19.9. The number of benzene rings is 1. The molecule has 0 saturated heterocycles. The maximum Gasteiger partial charge on any atom is 0.242 e. The van der Waals surface area contributed by atoms with Gasteiger partial charge in [0.1, 0.15) is 6.04 Å². The van der Waals surface area contributed by atoms with Crippen LogP contribution in [0.3, 0.4) is 0 Å². The smallest absolute Gasteiger partial charge is 0.242 e. The van der Waals surface area contributed by atoms with Crippen molar-refractivity contribution in [1.29, 1.82) is 0 Å². The molecular formula is C16H22ClFN4O2. The third-order valence-electron chi connectivity index (χ3n) is 3.64. The van der Waals surface area contributed by atoms with E-state index in [-0.39, 0.29) is 30.1 Å². The van der Waals surface area contributed by atoms with Crippen molar-refractivity contribution in [3.63, 3.8) is 0 Å². The third kappa shape index (κ3) is 4.46. The van der Waals surface area contributed by atoms with Crippen molar-refractivity contribution in [2.75, 3.05) is 14.2 Å². The summed E-state index contributed by atoms with van der Waals surface area (Å²) in [7, 11) is 4.90. The molecular weight excluding hydrogens is 335 g/mol. The number of ether oxygens (including phenoxy) is 1. The van der Waals surface area contributed by atoms with Crippen LogP contribution >= 0.6 is 12.4 Å². The number of halogens is 2. The van der Waals surface area contributed by atoms with Crippen LogP contribution in [-0.2, 0) is 11.8 Å². The van der Waals surface area contributed by atoms with Crippen molar-refractivity contribution in [3.05, 3.63) is 47.5 Å². The number of aromatic nitrogens is 2. The summed E-state index contributed by atoms with van der Waals surface area (Å²) in [6.07, 6.45) is 3.41. The summed E-state index contributed by atoms with van der Waals surface area (Å²) in [6.45, 7) is 1.80. The Bertz CT molecular complexity index is 692. The Morgan fingerprint density at radius 3 is 2.58 bits per heavy atom. The topological polar surface area (TPSA) is 68.2 Å². The number of carbonyl (C=O) groups is 1. The average molecular weight is 357 g/mol. The molecule has 2 aromatic rings. The fourth-order valence-corrected chi connectivity index (χ4v) is 2.37. The summed E-state index contributed by atoms with van der Waals surface area (Å²) in [5.74, 6) is -0.483. The molecule has 8 heteroatoms. The summed E-state index contributed by atoms with van der Waals surface area (Å²) in [5, 5.41) is 9.90. The molecule has 1 amide bonds. The van der Waals surface area contributed by atoms with Gasteiger partial charge in [-0.2, -0.15) is 5.10 Å². The number of likely N-dealkylation sites (N-methyl/N-ethyl adjacent to an activating group) is 1. The molecule has 6 nitrogen and oxygen atoms in total. The lowest BCUT2D eigenvalue weighted by molar-refractivity contribution is -0.123. The highest BCUT2D eigenvalue weighted by molar-refractivity contribution is 5.85. The lowest BCUT2D eigenvalue weighted by atomic mass is 10.1. The molecule has 1 heterocycles. The van der Waals surface area contributed by atoms with Crippen molar-refractivity contribution in [1.82, 2.24) is 20.4 Å². The molecule has 132 valence electrons. The van der Waals surface area contributed by atoms with Gasteiger partial charge in [0.05, 0.1) is 19.3 Å². The number of hydrogen-bond donors (Lipinski definition) is 2. The van der Waals surface area contributed by atoms with Crippen LogP contribution in [0.2, 0.25) is 0 Å². The van der Waals surface area contributed by atoms with Crippen molar-refractivity contribution in [2.45, 2.75) is 19.0 Å². The van der Waals surface area contributed by atoms with Gasteiger partial charge in [0.2, 0.25) is 5.91 Å². The van der Waals surface area contributed by atoms with Crippen LogP contribution in [0, 0.1) is 5.82 Å². The molecule has 1 aromatic heterocycles. The van der Waals surface area contributed by atoms with Crippen molar-refractivity contribution in [3.8, 4) is 5.75 Å². The molecule has 0 aliphatic heterocycles. The molecule has 2 rings (SSSR count). The van der Waals surface area contributed by atoms with Crippen LogP contribution in [0.25, 0.3) is 0 Å². The van der Waals surface area contributed by atoms with E-state index in [1.54, 1.807) is 50.2 Å². The highest BCUT2D eigenvalue weighted by Crippen LogP contribution is 2.22. The summed E-state index contributed by atoms with van der Waals surface area (Å²) in [4.78, 5) is 12.4. The summed E-state index contributed by atoms with van der Waals surface area (Å²) < 4.78 is 20.3. The van der Waals surface area contributed by atoms with E-state index in [2.05, 4.69) is 15.7 Å². The number of rotatable bonds is 6. The third-order valence-corrected chi connectivity index (χ3v) is 3.64. The van der Waals surface area contributed by atoms with Gasteiger partial charge in [-0.1, -0.05) is 6.07 Å². The van der Waals surface area contributed by atoms with Crippen molar-refractivity contribution in [2.24, 2.45) is 7.05 Å². The number of amides is 1. The molecule has 0 saturated carbocycles. The molecule has 0 aliphatic carbocycles. The van der Waals surface area contributed by atoms with E-state index < -0.39 is 11.9 Å². The quantitative estimate of drug-likeness (QED) is 0.832. The minimum atomic E-state index is -0.519. The Morgan fingerprint density at radius 1 is 1.38 bits per heavy atom. The second kappa shape index (κ2) is 8.65. The summed E-state index contributed by atoms with van der Waals surface area (Å²) >= 11 is 0. The highest BCUT2D eigenvalue weighted by atomic mass is 35.5. The fourth-order valence-electron chi connectivity index (χ4n) is 2.37. The van der Waals surface area contributed by atoms with E-state index in [1.807, 2.05) is 0 Å². The number of methoxy groups -OCH3 is 1. The lowest BCUT2D eigenvalue weighted by Crippen LogP contribution is -2.37. The Morgan fingerprint density at radius 2 is 2.08 bits per heavy atom. The Labute approximate surface area is 146 Å². The van der Waals surface area contributed by atoms with Gasteiger partial charge in [0.25, 0.3) is 0 Å². The summed E-state index contributed by atoms with van der Waals surface area (Å²) in [6, 6.07) is 3.78. The van der Waals surface area contributed by atoms with E-state index in [0.29, 0.717) is 5.56 Å². The fraction of sp³-hybridized carbons (Fsp3) is 0.375. The second-order valence-electron chi connectivity index (χ2n) is 5.29. The Kier molecular flexibility index (Phi) is 7.18. The molecule has 2 atom stereocenters. The first-order chi connectivity index (χ1) is 11.0. The molecule has 0 bridgehead atoms. The van der Waals surface area contributed by atoms with Gasteiger partial charge in [-0.15, -0.1) is 12.4 Å². The monoisotopic (exact) mass is 356 g/mol. The van der Waals surface area contributed by atoms with E-state index >= 15 is 0 Å². The first-order valence-electron chi connectivity index (χ1n) is 7.26.